The number of amides is 2. The van der Waals surface area contributed by atoms with E-state index in [1.54, 1.807) is 29.0 Å². The van der Waals surface area contributed by atoms with E-state index in [1.807, 2.05) is 30.3 Å². The van der Waals surface area contributed by atoms with Gasteiger partial charge < -0.3 is 9.80 Å². The molecule has 26 heavy (non-hydrogen) atoms. The molecule has 0 unspecified atom stereocenters. The Balaban J connectivity index is 1.53. The summed E-state index contributed by atoms with van der Waals surface area (Å²) in [6.45, 7) is 1.13. The van der Waals surface area contributed by atoms with Crippen molar-refractivity contribution in [1.29, 1.82) is 0 Å². The van der Waals surface area contributed by atoms with Gasteiger partial charge in [0.1, 0.15) is 5.82 Å². The summed E-state index contributed by atoms with van der Waals surface area (Å²) in [5, 5.41) is 0. The Morgan fingerprint density at radius 3 is 2.42 bits per heavy atom. The Bertz CT molecular complexity index is 771. The number of likely N-dealkylation sites (tertiary alicyclic amines) is 1. The molecule has 0 radical (unpaired) electrons. The number of para-hydroxylation sites is 1. The lowest BCUT2D eigenvalue weighted by Crippen LogP contribution is -2.44. The van der Waals surface area contributed by atoms with Crippen molar-refractivity contribution in [1.82, 2.24) is 4.90 Å². The highest BCUT2D eigenvalue weighted by Crippen LogP contribution is 2.23. The Kier molecular flexibility index (Phi) is 5.66. The molecular formula is C21H23FN2O2. The van der Waals surface area contributed by atoms with Gasteiger partial charge in [-0.05, 0) is 42.7 Å². The van der Waals surface area contributed by atoms with Crippen LogP contribution in [0.2, 0.25) is 0 Å². The zero-order valence-electron chi connectivity index (χ0n) is 14.9. The highest BCUT2D eigenvalue weighted by atomic mass is 19.1. The molecule has 2 aromatic carbocycles. The highest BCUT2D eigenvalue weighted by Gasteiger charge is 2.29. The molecule has 0 aliphatic carbocycles. The second-order valence-electron chi connectivity index (χ2n) is 6.69. The molecule has 136 valence electrons. The van der Waals surface area contributed by atoms with Gasteiger partial charge in [-0.3, -0.25) is 9.59 Å². The molecule has 0 saturated carbocycles. The molecule has 1 fully saturated rings. The summed E-state index contributed by atoms with van der Waals surface area (Å²) in [5.41, 5.74) is 1.55. The minimum atomic E-state index is -0.330. The van der Waals surface area contributed by atoms with Gasteiger partial charge >= 0.3 is 0 Å². The van der Waals surface area contributed by atoms with Crippen LogP contribution in [0.1, 0.15) is 18.4 Å². The third kappa shape index (κ3) is 4.28. The Morgan fingerprint density at radius 2 is 1.77 bits per heavy atom. The summed E-state index contributed by atoms with van der Waals surface area (Å²) >= 11 is 0. The molecule has 0 N–H and O–H groups in total. The largest absolute Gasteiger partial charge is 0.342 e. The zero-order valence-corrected chi connectivity index (χ0v) is 14.9. The monoisotopic (exact) mass is 354 g/mol. The van der Waals surface area contributed by atoms with E-state index in [9.17, 15) is 14.0 Å². The van der Waals surface area contributed by atoms with Crippen LogP contribution in [-0.4, -0.2) is 36.9 Å². The Morgan fingerprint density at radius 1 is 1.08 bits per heavy atom. The Labute approximate surface area is 153 Å². The van der Waals surface area contributed by atoms with Gasteiger partial charge in [-0.25, -0.2) is 4.39 Å². The number of rotatable bonds is 4. The van der Waals surface area contributed by atoms with E-state index >= 15 is 0 Å². The number of benzene rings is 2. The smallest absolute Gasteiger partial charge is 0.229 e. The SMILES string of the molecule is CN(C(=O)C1CCN(C(=O)Cc2cccc(F)c2)CC1)c1ccccc1. The fourth-order valence-electron chi connectivity index (χ4n) is 3.36. The lowest BCUT2D eigenvalue weighted by Gasteiger charge is -2.33. The molecule has 1 heterocycles. The lowest BCUT2D eigenvalue weighted by atomic mass is 9.94. The van der Waals surface area contributed by atoms with Crippen LogP contribution in [0.25, 0.3) is 0 Å². The molecular weight excluding hydrogens is 331 g/mol. The fraction of sp³-hybridized carbons (Fsp3) is 0.333. The van der Waals surface area contributed by atoms with Gasteiger partial charge in [-0.15, -0.1) is 0 Å². The maximum Gasteiger partial charge on any atom is 0.229 e. The maximum atomic E-state index is 13.2. The van der Waals surface area contributed by atoms with Crippen molar-refractivity contribution < 1.29 is 14.0 Å². The number of nitrogens with zero attached hydrogens (tertiary/aromatic N) is 2. The van der Waals surface area contributed by atoms with Crippen molar-refractivity contribution in [3.63, 3.8) is 0 Å². The van der Waals surface area contributed by atoms with Crippen LogP contribution in [0.3, 0.4) is 0 Å². The molecule has 0 bridgehead atoms. The maximum absolute atomic E-state index is 13.2. The van der Waals surface area contributed by atoms with Crippen molar-refractivity contribution in [2.45, 2.75) is 19.3 Å². The summed E-state index contributed by atoms with van der Waals surface area (Å²) in [7, 11) is 1.79. The predicted molar refractivity (Wildman–Crippen MR) is 99.3 cm³/mol. The van der Waals surface area contributed by atoms with Crippen LogP contribution in [0.15, 0.2) is 54.6 Å². The first-order chi connectivity index (χ1) is 12.5. The summed E-state index contributed by atoms with van der Waals surface area (Å²) in [5.74, 6) is -0.326. The average Bonchev–Trinajstić information content (AvgIpc) is 2.67. The van der Waals surface area contributed by atoms with E-state index in [4.69, 9.17) is 0 Å². The summed E-state index contributed by atoms with van der Waals surface area (Å²) in [6, 6.07) is 15.7. The average molecular weight is 354 g/mol. The van der Waals surface area contributed by atoms with Gasteiger partial charge in [0, 0.05) is 31.7 Å². The number of halogens is 1. The number of hydrogen-bond acceptors (Lipinski definition) is 2. The van der Waals surface area contributed by atoms with Crippen LogP contribution in [-0.2, 0) is 16.0 Å². The van der Waals surface area contributed by atoms with E-state index in [1.165, 1.54) is 12.1 Å². The van der Waals surface area contributed by atoms with Crippen LogP contribution in [0, 0.1) is 11.7 Å². The lowest BCUT2D eigenvalue weighted by molar-refractivity contribution is -0.134. The van der Waals surface area contributed by atoms with Crippen LogP contribution in [0.5, 0.6) is 0 Å². The summed E-state index contributed by atoms with van der Waals surface area (Å²) in [6.07, 6.45) is 1.51. The number of piperidine rings is 1. The van der Waals surface area contributed by atoms with E-state index < -0.39 is 0 Å². The standard InChI is InChI=1S/C21H23FN2O2/c1-23(19-8-3-2-4-9-19)21(26)17-10-12-24(13-11-17)20(25)15-16-6-5-7-18(22)14-16/h2-9,14,17H,10-13,15H2,1H3. The second kappa shape index (κ2) is 8.13. The van der Waals surface area contributed by atoms with Crippen molar-refractivity contribution in [2.24, 2.45) is 5.92 Å². The fourth-order valence-corrected chi connectivity index (χ4v) is 3.36. The normalized spacial score (nSPS) is 14.9. The van der Waals surface area contributed by atoms with E-state index in [0.717, 1.165) is 5.69 Å². The molecule has 1 saturated heterocycles. The van der Waals surface area contributed by atoms with Crippen molar-refractivity contribution in [3.05, 3.63) is 66.0 Å². The molecule has 1 aliphatic rings. The molecule has 2 amide bonds. The molecule has 0 aromatic heterocycles. The minimum Gasteiger partial charge on any atom is -0.342 e. The molecule has 0 spiro atoms. The quantitative estimate of drug-likeness (QED) is 0.845. The zero-order chi connectivity index (χ0) is 18.5. The topological polar surface area (TPSA) is 40.6 Å². The van der Waals surface area contributed by atoms with E-state index in [2.05, 4.69) is 0 Å². The minimum absolute atomic E-state index is 0.0158. The number of carbonyl (C=O) groups is 2. The van der Waals surface area contributed by atoms with Crippen molar-refractivity contribution in [3.8, 4) is 0 Å². The first-order valence-corrected chi connectivity index (χ1v) is 8.89. The second-order valence-corrected chi connectivity index (χ2v) is 6.69. The van der Waals surface area contributed by atoms with Crippen LogP contribution in [0.4, 0.5) is 10.1 Å². The number of anilines is 1. The highest BCUT2D eigenvalue weighted by molar-refractivity contribution is 5.94. The van der Waals surface area contributed by atoms with Gasteiger partial charge in [0.05, 0.1) is 6.42 Å². The molecule has 3 rings (SSSR count). The molecule has 1 aliphatic heterocycles. The van der Waals surface area contributed by atoms with E-state index in [0.29, 0.717) is 31.5 Å². The van der Waals surface area contributed by atoms with Crippen molar-refractivity contribution >= 4 is 17.5 Å². The predicted octanol–water partition coefficient (Wildman–Crippen LogP) is 3.27. The number of hydrogen-bond donors (Lipinski definition) is 0. The summed E-state index contributed by atoms with van der Waals surface area (Å²) < 4.78 is 13.2. The first kappa shape index (κ1) is 18.1. The summed E-state index contributed by atoms with van der Waals surface area (Å²) in [4.78, 5) is 28.6. The first-order valence-electron chi connectivity index (χ1n) is 8.89. The molecule has 0 atom stereocenters. The molecule has 2 aromatic rings. The third-order valence-corrected chi connectivity index (χ3v) is 4.92. The third-order valence-electron chi connectivity index (χ3n) is 4.92. The van der Waals surface area contributed by atoms with Gasteiger partial charge in [-0.1, -0.05) is 30.3 Å². The van der Waals surface area contributed by atoms with Gasteiger partial charge in [0.15, 0.2) is 0 Å². The van der Waals surface area contributed by atoms with E-state index in [-0.39, 0.29) is 30.0 Å². The molecule has 5 heteroatoms. The van der Waals surface area contributed by atoms with Crippen LogP contribution < -0.4 is 4.90 Å². The van der Waals surface area contributed by atoms with Crippen molar-refractivity contribution in [2.75, 3.05) is 25.0 Å². The van der Waals surface area contributed by atoms with Gasteiger partial charge in [0.2, 0.25) is 11.8 Å². The van der Waals surface area contributed by atoms with Gasteiger partial charge in [-0.2, -0.15) is 0 Å². The molecule has 4 nitrogen and oxygen atoms in total. The van der Waals surface area contributed by atoms with Crippen LogP contribution >= 0.6 is 0 Å². The Hall–Kier alpha value is -2.69. The number of carbonyl (C=O) groups excluding carboxylic acids is 2. The van der Waals surface area contributed by atoms with Gasteiger partial charge in [0.25, 0.3) is 0 Å².